The molecule has 0 spiro atoms. The molecule has 9 heteroatoms. The van der Waals surface area contributed by atoms with Gasteiger partial charge in [0.1, 0.15) is 16.4 Å². The van der Waals surface area contributed by atoms with Crippen molar-refractivity contribution in [3.8, 4) is 11.3 Å². The zero-order chi connectivity index (χ0) is 19.8. The summed E-state index contributed by atoms with van der Waals surface area (Å²) < 4.78 is 5.44. The molecule has 1 aliphatic carbocycles. The summed E-state index contributed by atoms with van der Waals surface area (Å²) in [5.74, 6) is 1.48. The first-order valence-electron chi connectivity index (χ1n) is 9.94. The van der Waals surface area contributed by atoms with Gasteiger partial charge in [0.2, 0.25) is 5.91 Å². The minimum Gasteiger partial charge on any atom is -0.464 e. The second kappa shape index (κ2) is 7.74. The lowest BCUT2D eigenvalue weighted by molar-refractivity contribution is -0.122. The quantitative estimate of drug-likeness (QED) is 0.638. The van der Waals surface area contributed by atoms with Gasteiger partial charge in [-0.05, 0) is 25.0 Å². The Balaban J connectivity index is 1.22. The van der Waals surface area contributed by atoms with E-state index in [1.807, 2.05) is 17.5 Å². The zero-order valence-electron chi connectivity index (χ0n) is 16.0. The second-order valence-electron chi connectivity index (χ2n) is 7.71. The molecule has 8 nitrogen and oxygen atoms in total. The number of aromatic nitrogens is 2. The minimum atomic E-state index is -0.131. The Labute approximate surface area is 171 Å². The van der Waals surface area contributed by atoms with E-state index in [0.717, 1.165) is 49.4 Å². The Hall–Kier alpha value is -2.49. The molecule has 0 radical (unpaired) electrons. The number of furan rings is 1. The number of hydrogen-bond donors (Lipinski definition) is 2. The highest BCUT2D eigenvalue weighted by Crippen LogP contribution is 2.30. The van der Waals surface area contributed by atoms with E-state index in [1.54, 1.807) is 6.26 Å². The van der Waals surface area contributed by atoms with E-state index in [4.69, 9.17) is 4.42 Å². The fraction of sp³-hybridized carbons (Fsp3) is 0.450. The van der Waals surface area contributed by atoms with Gasteiger partial charge >= 0.3 is 0 Å². The summed E-state index contributed by atoms with van der Waals surface area (Å²) in [6.45, 7) is 4.44. The van der Waals surface area contributed by atoms with Crippen LogP contribution in [0.5, 0.6) is 0 Å². The third kappa shape index (κ3) is 4.12. The maximum absolute atomic E-state index is 12.7. The van der Waals surface area contributed by atoms with Crippen LogP contribution in [-0.4, -0.2) is 64.4 Å². The Morgan fingerprint density at radius 3 is 2.79 bits per heavy atom. The summed E-state index contributed by atoms with van der Waals surface area (Å²) in [7, 11) is 0. The molecule has 2 N–H and O–H groups in total. The molecule has 3 aromatic heterocycles. The smallest absolute Gasteiger partial charge is 0.260 e. The molecule has 1 aliphatic heterocycles. The van der Waals surface area contributed by atoms with Crippen molar-refractivity contribution in [2.24, 2.45) is 0 Å². The van der Waals surface area contributed by atoms with Gasteiger partial charge in [-0.15, -0.1) is 11.3 Å². The average Bonchev–Trinajstić information content (AvgIpc) is 3.18. The maximum Gasteiger partial charge on any atom is 0.260 e. The van der Waals surface area contributed by atoms with Gasteiger partial charge in [0.15, 0.2) is 0 Å². The Kier molecular flexibility index (Phi) is 4.94. The molecule has 1 saturated carbocycles. The van der Waals surface area contributed by atoms with Crippen LogP contribution in [0.4, 0.5) is 0 Å². The van der Waals surface area contributed by atoms with Crippen LogP contribution in [0.3, 0.4) is 0 Å². The van der Waals surface area contributed by atoms with Crippen LogP contribution in [0.2, 0.25) is 0 Å². The number of H-pyrrole nitrogens is 1. The Morgan fingerprint density at radius 1 is 1.28 bits per heavy atom. The number of nitrogens with one attached hydrogen (secondary N) is 2. The van der Waals surface area contributed by atoms with E-state index in [1.165, 1.54) is 11.3 Å². The van der Waals surface area contributed by atoms with Crippen molar-refractivity contribution in [2.75, 3.05) is 32.7 Å². The predicted molar refractivity (Wildman–Crippen MR) is 111 cm³/mol. The van der Waals surface area contributed by atoms with Gasteiger partial charge in [0.25, 0.3) is 5.56 Å². The van der Waals surface area contributed by atoms with Crippen LogP contribution in [0.1, 0.15) is 18.7 Å². The SMILES string of the molecule is O=C(CN1CCN(Cc2nc3scc(-c4ccco4)c3c(=O)[nH]2)CC1)NC1CC1. The van der Waals surface area contributed by atoms with Gasteiger partial charge in [-0.1, -0.05) is 0 Å². The summed E-state index contributed by atoms with van der Waals surface area (Å²) in [6.07, 6.45) is 3.83. The first-order valence-corrected chi connectivity index (χ1v) is 10.8. The molecule has 0 atom stereocenters. The first kappa shape index (κ1) is 18.5. The molecule has 3 aromatic rings. The monoisotopic (exact) mass is 413 g/mol. The van der Waals surface area contributed by atoms with Crippen molar-refractivity contribution < 1.29 is 9.21 Å². The summed E-state index contributed by atoms with van der Waals surface area (Å²) in [6, 6.07) is 4.07. The van der Waals surface area contributed by atoms with Gasteiger partial charge in [-0.3, -0.25) is 19.4 Å². The van der Waals surface area contributed by atoms with Gasteiger partial charge in [-0.2, -0.15) is 0 Å². The molecule has 4 heterocycles. The minimum absolute atomic E-state index is 0.127. The van der Waals surface area contributed by atoms with Crippen molar-refractivity contribution in [1.29, 1.82) is 0 Å². The normalized spacial score (nSPS) is 18.3. The van der Waals surface area contributed by atoms with Gasteiger partial charge in [0, 0.05) is 43.2 Å². The third-order valence-electron chi connectivity index (χ3n) is 5.43. The molecule has 1 saturated heterocycles. The van der Waals surface area contributed by atoms with Crippen LogP contribution in [0.25, 0.3) is 21.5 Å². The molecule has 2 aliphatic rings. The standard InChI is InChI=1S/C20H23N5O3S/c26-17(21-13-3-4-13)11-25-7-5-24(6-8-25)10-16-22-19(27)18-14(12-29-20(18)23-16)15-2-1-9-28-15/h1-2,9,12-13H,3-8,10-11H2,(H,21,26)(H,22,23,27). The summed E-state index contributed by atoms with van der Waals surface area (Å²) in [4.78, 5) is 37.4. The van der Waals surface area contributed by atoms with Crippen molar-refractivity contribution in [2.45, 2.75) is 25.4 Å². The van der Waals surface area contributed by atoms with E-state index in [2.05, 4.69) is 25.1 Å². The van der Waals surface area contributed by atoms with Crippen molar-refractivity contribution in [3.05, 3.63) is 40.0 Å². The molecule has 152 valence electrons. The highest BCUT2D eigenvalue weighted by atomic mass is 32.1. The van der Waals surface area contributed by atoms with Crippen LogP contribution in [-0.2, 0) is 11.3 Å². The number of rotatable bonds is 6. The third-order valence-corrected chi connectivity index (χ3v) is 6.30. The van der Waals surface area contributed by atoms with Crippen LogP contribution >= 0.6 is 11.3 Å². The molecule has 0 unspecified atom stereocenters. The van der Waals surface area contributed by atoms with Gasteiger partial charge < -0.3 is 14.7 Å². The highest BCUT2D eigenvalue weighted by Gasteiger charge is 2.25. The molecule has 0 aromatic carbocycles. The van der Waals surface area contributed by atoms with Crippen LogP contribution in [0, 0.1) is 0 Å². The van der Waals surface area contributed by atoms with E-state index >= 15 is 0 Å². The number of thiophene rings is 1. The topological polar surface area (TPSA) is 94.5 Å². The Morgan fingerprint density at radius 2 is 2.07 bits per heavy atom. The average molecular weight is 414 g/mol. The fourth-order valence-corrected chi connectivity index (χ4v) is 4.65. The number of nitrogens with zero attached hydrogens (tertiary/aromatic N) is 3. The maximum atomic E-state index is 12.7. The summed E-state index contributed by atoms with van der Waals surface area (Å²) in [5, 5.41) is 5.54. The summed E-state index contributed by atoms with van der Waals surface area (Å²) in [5.41, 5.74) is 0.654. The van der Waals surface area contributed by atoms with Crippen molar-refractivity contribution in [1.82, 2.24) is 25.1 Å². The number of carbonyl (C=O) groups excluding carboxylic acids is 1. The lowest BCUT2D eigenvalue weighted by Crippen LogP contribution is -2.49. The highest BCUT2D eigenvalue weighted by molar-refractivity contribution is 7.17. The van der Waals surface area contributed by atoms with E-state index < -0.39 is 0 Å². The summed E-state index contributed by atoms with van der Waals surface area (Å²) >= 11 is 1.46. The molecular formula is C20H23N5O3S. The number of aromatic amines is 1. The second-order valence-corrected chi connectivity index (χ2v) is 8.57. The number of piperazine rings is 1. The van der Waals surface area contributed by atoms with Gasteiger partial charge in [-0.25, -0.2) is 4.98 Å². The van der Waals surface area contributed by atoms with E-state index in [-0.39, 0.29) is 11.5 Å². The molecule has 5 rings (SSSR count). The molecular weight excluding hydrogens is 390 g/mol. The zero-order valence-corrected chi connectivity index (χ0v) is 16.8. The van der Waals surface area contributed by atoms with Crippen molar-refractivity contribution in [3.63, 3.8) is 0 Å². The largest absolute Gasteiger partial charge is 0.464 e. The van der Waals surface area contributed by atoms with E-state index in [9.17, 15) is 9.59 Å². The fourth-order valence-electron chi connectivity index (χ4n) is 3.70. The van der Waals surface area contributed by atoms with E-state index in [0.29, 0.717) is 36.1 Å². The lowest BCUT2D eigenvalue weighted by atomic mass is 10.2. The number of amides is 1. The number of hydrogen-bond acceptors (Lipinski definition) is 7. The Bertz CT molecular complexity index is 1060. The number of fused-ring (bicyclic) bond motifs is 1. The molecule has 29 heavy (non-hydrogen) atoms. The molecule has 0 bridgehead atoms. The van der Waals surface area contributed by atoms with Gasteiger partial charge in [0.05, 0.1) is 24.7 Å². The number of carbonyl (C=O) groups is 1. The molecule has 2 fully saturated rings. The lowest BCUT2D eigenvalue weighted by Gasteiger charge is -2.33. The van der Waals surface area contributed by atoms with Crippen LogP contribution in [0.15, 0.2) is 33.0 Å². The predicted octanol–water partition coefficient (Wildman–Crippen LogP) is 1.64. The molecule has 1 amide bonds. The van der Waals surface area contributed by atoms with Crippen molar-refractivity contribution >= 4 is 27.5 Å². The van der Waals surface area contributed by atoms with Crippen LogP contribution < -0.4 is 10.9 Å². The first-order chi connectivity index (χ1) is 14.2.